The summed E-state index contributed by atoms with van der Waals surface area (Å²) in [6.45, 7) is 8.30. The van der Waals surface area contributed by atoms with Crippen molar-refractivity contribution < 1.29 is 21.6 Å². The summed E-state index contributed by atoms with van der Waals surface area (Å²) in [6, 6.07) is 8.59. The van der Waals surface area contributed by atoms with Crippen molar-refractivity contribution in [1.29, 1.82) is 0 Å². The van der Waals surface area contributed by atoms with Crippen LogP contribution in [0.15, 0.2) is 42.2 Å². The highest BCUT2D eigenvalue weighted by Gasteiger charge is 2.35. The third kappa shape index (κ3) is 3.69. The number of benzene rings is 1. The van der Waals surface area contributed by atoms with Crippen LogP contribution in [0.5, 0.6) is 0 Å². The number of hydrogen-bond donors (Lipinski definition) is 1. The molecule has 0 unspecified atom stereocenters. The van der Waals surface area contributed by atoms with Crippen LogP contribution in [-0.4, -0.2) is 45.8 Å². The Balaban J connectivity index is 0.00000182. The van der Waals surface area contributed by atoms with Crippen molar-refractivity contribution >= 4 is 17.1 Å². The second-order valence-corrected chi connectivity index (χ2v) is 7.79. The highest BCUT2D eigenvalue weighted by molar-refractivity contribution is 5.83. The van der Waals surface area contributed by atoms with E-state index in [-0.39, 0.29) is 22.5 Å². The van der Waals surface area contributed by atoms with Gasteiger partial charge in [0, 0.05) is 62.2 Å². The van der Waals surface area contributed by atoms with Gasteiger partial charge in [-0.1, -0.05) is 18.2 Å². The quantitative estimate of drug-likeness (QED) is 0.757. The first-order chi connectivity index (χ1) is 11.6. The molecule has 2 aromatic rings. The Morgan fingerprint density at radius 1 is 1.16 bits per heavy atom. The molecule has 1 N–H and O–H groups in total. The molecule has 1 aromatic heterocycles. The number of H-pyrrole nitrogens is 1. The molecule has 2 aliphatic heterocycles. The third-order valence-electron chi connectivity index (χ3n) is 5.65. The number of hydrogen-bond acceptors (Lipinski definition) is 1. The Morgan fingerprint density at radius 3 is 2.68 bits per heavy atom. The monoisotopic (exact) mass is 401 g/mol. The zero-order valence-corrected chi connectivity index (χ0v) is 16.8. The van der Waals surface area contributed by atoms with Gasteiger partial charge in [-0.2, -0.15) is 0 Å². The van der Waals surface area contributed by atoms with E-state index in [0.717, 1.165) is 19.4 Å². The number of likely N-dealkylation sites (tertiary alicyclic amines) is 1. The van der Waals surface area contributed by atoms with Gasteiger partial charge in [-0.15, -0.1) is 0 Å². The topological polar surface area (TPSA) is 22.0 Å². The second-order valence-electron chi connectivity index (χ2n) is 7.79. The summed E-state index contributed by atoms with van der Waals surface area (Å²) >= 11 is 0. The predicted molar refractivity (Wildman–Crippen MR) is 101 cm³/mol. The van der Waals surface area contributed by atoms with E-state index in [2.05, 4.69) is 71.1 Å². The number of para-hydroxylation sites is 1. The predicted octanol–water partition coefficient (Wildman–Crippen LogP) is 0.960. The minimum absolute atomic E-state index is 0. The van der Waals surface area contributed by atoms with E-state index in [1.807, 2.05) is 0 Å². The first-order valence-electron chi connectivity index (χ1n) is 9.24. The number of nitrogens with one attached hydrogen (secondary N) is 1. The van der Waals surface area contributed by atoms with Crippen molar-refractivity contribution in [2.45, 2.75) is 45.1 Å². The van der Waals surface area contributed by atoms with Crippen LogP contribution in [0.4, 0.5) is 0 Å². The molecular formula is C21H28BrN3. The summed E-state index contributed by atoms with van der Waals surface area (Å²) in [4.78, 5) is 5.97. The smallest absolute Gasteiger partial charge is 0.165 e. The van der Waals surface area contributed by atoms with E-state index in [9.17, 15) is 0 Å². The van der Waals surface area contributed by atoms with Gasteiger partial charge in [0.1, 0.15) is 6.54 Å². The number of fused-ring (bicyclic) bond motifs is 1. The third-order valence-corrected chi connectivity index (χ3v) is 5.65. The maximum Gasteiger partial charge on any atom is 0.165 e. The molecule has 0 amide bonds. The maximum atomic E-state index is 3.39. The molecule has 4 rings (SSSR count). The minimum atomic E-state index is 0. The fraction of sp³-hybridized carbons (Fsp3) is 0.476. The molecule has 0 atom stereocenters. The van der Waals surface area contributed by atoms with Gasteiger partial charge in [0.25, 0.3) is 0 Å². The molecule has 3 nitrogen and oxygen atoms in total. The van der Waals surface area contributed by atoms with Crippen LogP contribution in [0.2, 0.25) is 0 Å². The van der Waals surface area contributed by atoms with E-state index >= 15 is 0 Å². The standard InChI is InChI=1S/C21H28N3.BrH/c1-21(2)15-18(23-11-5-6-12-23)10-14-24(21)13-9-17-16-22-20-8-4-3-7-19(17)20;/h3-4,7-8,10,14,16,22H,5-6,9,11-13,15H2,1-2H3;1H/q+1;/p-1. The molecule has 3 heterocycles. The van der Waals surface area contributed by atoms with Gasteiger partial charge in [-0.3, -0.25) is 0 Å². The van der Waals surface area contributed by atoms with Crippen LogP contribution >= 0.6 is 0 Å². The van der Waals surface area contributed by atoms with Gasteiger partial charge in [0.15, 0.2) is 11.8 Å². The van der Waals surface area contributed by atoms with Crippen molar-refractivity contribution in [2.24, 2.45) is 0 Å². The first-order valence-corrected chi connectivity index (χ1v) is 9.24. The zero-order valence-electron chi connectivity index (χ0n) is 15.3. The first kappa shape index (κ1) is 18.2. The number of aromatic nitrogens is 1. The molecule has 0 radical (unpaired) electrons. The summed E-state index contributed by atoms with van der Waals surface area (Å²) in [5.41, 5.74) is 4.38. The lowest BCUT2D eigenvalue weighted by Crippen LogP contribution is -3.00. The van der Waals surface area contributed by atoms with Gasteiger partial charge < -0.3 is 26.9 Å². The molecule has 0 saturated carbocycles. The SMILES string of the molecule is CC1(C)CC(N2CCCC2)=CC=[N+]1CCc1c[nH]c2ccccc12.[Br-]. The van der Waals surface area contributed by atoms with E-state index in [1.54, 1.807) is 0 Å². The number of halogens is 1. The Kier molecular flexibility index (Phi) is 5.38. The minimum Gasteiger partial charge on any atom is -1.00 e. The molecule has 2 aliphatic rings. The van der Waals surface area contributed by atoms with Crippen molar-refractivity contribution in [1.82, 2.24) is 9.88 Å². The Morgan fingerprint density at radius 2 is 1.92 bits per heavy atom. The van der Waals surface area contributed by atoms with Gasteiger partial charge in [0.2, 0.25) is 0 Å². The van der Waals surface area contributed by atoms with E-state index < -0.39 is 0 Å². The van der Waals surface area contributed by atoms with Crippen molar-refractivity contribution in [3.8, 4) is 0 Å². The number of nitrogens with zero attached hydrogens (tertiary/aromatic N) is 2. The summed E-state index contributed by atoms with van der Waals surface area (Å²) < 4.78 is 2.52. The summed E-state index contributed by atoms with van der Waals surface area (Å²) in [6.07, 6.45) is 11.8. The molecule has 0 aliphatic carbocycles. The zero-order chi connectivity index (χ0) is 16.6. The summed E-state index contributed by atoms with van der Waals surface area (Å²) in [5.74, 6) is 0. The largest absolute Gasteiger partial charge is 1.00 e. The van der Waals surface area contributed by atoms with Crippen LogP contribution in [0.3, 0.4) is 0 Å². The molecule has 0 spiro atoms. The van der Waals surface area contributed by atoms with Crippen LogP contribution < -0.4 is 17.0 Å². The van der Waals surface area contributed by atoms with Crippen LogP contribution in [-0.2, 0) is 6.42 Å². The maximum absolute atomic E-state index is 3.39. The van der Waals surface area contributed by atoms with Crippen LogP contribution in [0.1, 0.15) is 38.7 Å². The fourth-order valence-corrected chi connectivity index (χ4v) is 4.16. The van der Waals surface area contributed by atoms with Crippen molar-refractivity contribution in [2.75, 3.05) is 19.6 Å². The Hall–Kier alpha value is -1.55. The number of aromatic amines is 1. The lowest BCUT2D eigenvalue weighted by Gasteiger charge is -2.31. The average Bonchev–Trinajstić information content (AvgIpc) is 3.23. The lowest BCUT2D eigenvalue weighted by molar-refractivity contribution is -0.597. The van der Waals surface area contributed by atoms with Crippen molar-refractivity contribution in [3.63, 3.8) is 0 Å². The molecule has 1 saturated heterocycles. The Bertz CT molecular complexity index is 794. The van der Waals surface area contributed by atoms with Gasteiger partial charge in [0.05, 0.1) is 6.42 Å². The van der Waals surface area contributed by atoms with Gasteiger partial charge in [-0.25, -0.2) is 4.58 Å². The molecule has 0 bridgehead atoms. The highest BCUT2D eigenvalue weighted by atomic mass is 79.9. The summed E-state index contributed by atoms with van der Waals surface area (Å²) in [7, 11) is 0. The molecular weight excluding hydrogens is 374 g/mol. The summed E-state index contributed by atoms with van der Waals surface area (Å²) in [5, 5.41) is 1.36. The molecule has 4 heteroatoms. The van der Waals surface area contributed by atoms with E-state index in [1.165, 1.54) is 48.1 Å². The number of allylic oxidation sites excluding steroid dienone is 1. The van der Waals surface area contributed by atoms with Gasteiger partial charge >= 0.3 is 0 Å². The molecule has 25 heavy (non-hydrogen) atoms. The van der Waals surface area contributed by atoms with Gasteiger partial charge in [-0.05, 0) is 24.5 Å². The van der Waals surface area contributed by atoms with E-state index in [0.29, 0.717) is 0 Å². The molecule has 134 valence electrons. The normalized spacial score (nSPS) is 19.5. The second kappa shape index (κ2) is 7.36. The molecule has 1 fully saturated rings. The van der Waals surface area contributed by atoms with Crippen LogP contribution in [0.25, 0.3) is 10.9 Å². The number of rotatable bonds is 4. The lowest BCUT2D eigenvalue weighted by atomic mass is 9.93. The van der Waals surface area contributed by atoms with E-state index in [4.69, 9.17) is 0 Å². The van der Waals surface area contributed by atoms with Crippen molar-refractivity contribution in [3.05, 3.63) is 47.8 Å². The van der Waals surface area contributed by atoms with Crippen LogP contribution in [0, 0.1) is 0 Å². The fourth-order valence-electron chi connectivity index (χ4n) is 4.16. The Labute approximate surface area is 161 Å². The highest BCUT2D eigenvalue weighted by Crippen LogP contribution is 2.28. The molecule has 1 aromatic carbocycles. The average molecular weight is 402 g/mol.